The first kappa shape index (κ1) is 13.8. The maximum absolute atomic E-state index is 12.1. The van der Waals surface area contributed by atoms with Gasteiger partial charge in [0.05, 0.1) is 4.88 Å². The Labute approximate surface area is 118 Å². The number of amides is 1. The lowest BCUT2D eigenvalue weighted by molar-refractivity contribution is 0.0937. The predicted molar refractivity (Wildman–Crippen MR) is 76.6 cm³/mol. The zero-order chi connectivity index (χ0) is 11.8. The summed E-state index contributed by atoms with van der Waals surface area (Å²) in [5.41, 5.74) is 7.09. The number of thiophene rings is 1. The van der Waals surface area contributed by atoms with Gasteiger partial charge in [-0.2, -0.15) is 0 Å². The molecule has 0 aromatic carbocycles. The third-order valence-corrected chi connectivity index (χ3v) is 4.97. The second kappa shape index (κ2) is 5.59. The molecule has 1 fully saturated rings. The first-order chi connectivity index (χ1) is 8.28. The Morgan fingerprint density at radius 3 is 2.89 bits per heavy atom. The van der Waals surface area contributed by atoms with Crippen LogP contribution in [0.4, 0.5) is 0 Å². The summed E-state index contributed by atoms with van der Waals surface area (Å²) in [6, 6.07) is 2.25. The van der Waals surface area contributed by atoms with E-state index in [1.165, 1.54) is 29.7 Å². The number of fused-ring (bicyclic) bond motifs is 1. The topological polar surface area (TPSA) is 55.1 Å². The molecule has 1 aromatic heterocycles. The molecule has 2 aliphatic carbocycles. The Hall–Kier alpha value is -0.580. The fraction of sp³-hybridized carbons (Fsp3) is 0.615. The quantitative estimate of drug-likeness (QED) is 0.891. The average Bonchev–Trinajstić information content (AvgIpc) is 2.92. The predicted octanol–water partition coefficient (Wildman–Crippen LogP) is 2.13. The van der Waals surface area contributed by atoms with Crippen molar-refractivity contribution in [3.05, 3.63) is 21.4 Å². The van der Waals surface area contributed by atoms with E-state index in [-0.39, 0.29) is 24.4 Å². The Morgan fingerprint density at radius 1 is 1.50 bits per heavy atom. The van der Waals surface area contributed by atoms with Crippen LogP contribution in [0.1, 0.15) is 39.4 Å². The van der Waals surface area contributed by atoms with Crippen LogP contribution in [0, 0.1) is 5.92 Å². The molecular formula is C13H19ClN2OS. The van der Waals surface area contributed by atoms with Gasteiger partial charge in [0, 0.05) is 17.5 Å². The molecule has 1 atom stereocenters. The highest BCUT2D eigenvalue weighted by Crippen LogP contribution is 2.33. The number of carbonyl (C=O) groups excluding carboxylic acids is 1. The Bertz CT molecular complexity index is 421. The molecule has 18 heavy (non-hydrogen) atoms. The van der Waals surface area contributed by atoms with Gasteiger partial charge in [-0.15, -0.1) is 23.7 Å². The van der Waals surface area contributed by atoms with E-state index in [1.54, 1.807) is 11.3 Å². The summed E-state index contributed by atoms with van der Waals surface area (Å²) in [5, 5.41) is 3.08. The van der Waals surface area contributed by atoms with Crippen molar-refractivity contribution in [1.29, 1.82) is 0 Å². The molecule has 1 saturated carbocycles. The normalized spacial score (nSPS) is 18.9. The van der Waals surface area contributed by atoms with E-state index in [4.69, 9.17) is 5.73 Å². The lowest BCUT2D eigenvalue weighted by atomic mass is 10.2. The molecule has 0 aliphatic heterocycles. The second-order valence-electron chi connectivity index (χ2n) is 5.07. The summed E-state index contributed by atoms with van der Waals surface area (Å²) in [6.07, 6.45) is 5.96. The monoisotopic (exact) mass is 286 g/mol. The molecule has 1 amide bonds. The van der Waals surface area contributed by atoms with Gasteiger partial charge in [-0.1, -0.05) is 0 Å². The van der Waals surface area contributed by atoms with E-state index in [0.717, 1.165) is 17.7 Å². The van der Waals surface area contributed by atoms with Gasteiger partial charge < -0.3 is 11.1 Å². The van der Waals surface area contributed by atoms with Gasteiger partial charge in [-0.3, -0.25) is 4.79 Å². The van der Waals surface area contributed by atoms with Gasteiger partial charge in [-0.05, 0) is 49.7 Å². The van der Waals surface area contributed by atoms with E-state index in [9.17, 15) is 4.79 Å². The highest BCUT2D eigenvalue weighted by molar-refractivity contribution is 7.14. The molecule has 100 valence electrons. The van der Waals surface area contributed by atoms with Crippen LogP contribution >= 0.6 is 23.7 Å². The summed E-state index contributed by atoms with van der Waals surface area (Å²) in [4.78, 5) is 14.4. The Kier molecular flexibility index (Phi) is 4.30. The summed E-state index contributed by atoms with van der Waals surface area (Å²) < 4.78 is 0. The molecule has 0 bridgehead atoms. The highest BCUT2D eigenvalue weighted by atomic mass is 35.5. The number of hydrogen-bond donors (Lipinski definition) is 2. The van der Waals surface area contributed by atoms with Crippen molar-refractivity contribution in [2.24, 2.45) is 11.7 Å². The molecule has 3 nitrogen and oxygen atoms in total. The van der Waals surface area contributed by atoms with Crippen molar-refractivity contribution < 1.29 is 4.79 Å². The van der Waals surface area contributed by atoms with E-state index in [2.05, 4.69) is 11.4 Å². The lowest BCUT2D eigenvalue weighted by Gasteiger charge is -2.15. The number of halogens is 1. The number of hydrogen-bond acceptors (Lipinski definition) is 3. The Balaban J connectivity index is 0.00000120. The number of aryl methyl sites for hydroxylation is 2. The smallest absolute Gasteiger partial charge is 0.261 e. The van der Waals surface area contributed by atoms with Crippen molar-refractivity contribution >= 4 is 29.7 Å². The van der Waals surface area contributed by atoms with E-state index >= 15 is 0 Å². The van der Waals surface area contributed by atoms with Crippen molar-refractivity contribution in [3.63, 3.8) is 0 Å². The van der Waals surface area contributed by atoms with E-state index in [0.29, 0.717) is 12.5 Å². The molecule has 0 spiro atoms. The third-order valence-electron chi connectivity index (χ3n) is 3.73. The Morgan fingerprint density at radius 2 is 2.28 bits per heavy atom. The lowest BCUT2D eigenvalue weighted by Crippen LogP contribution is -2.41. The van der Waals surface area contributed by atoms with E-state index < -0.39 is 0 Å². The molecule has 3 N–H and O–H groups in total. The number of nitrogens with two attached hydrogens (primary N) is 1. The van der Waals surface area contributed by atoms with Gasteiger partial charge >= 0.3 is 0 Å². The standard InChI is InChI=1S/C13H18N2OS.ClH/c14-7-10(8-4-5-8)15-13(16)12-6-9-2-1-3-11(9)17-12;/h6,8,10H,1-5,7,14H2,(H,15,16);1H. The van der Waals surface area contributed by atoms with Crippen molar-refractivity contribution in [2.75, 3.05) is 6.54 Å². The molecule has 2 aliphatic rings. The van der Waals surface area contributed by atoms with Crippen molar-refractivity contribution in [3.8, 4) is 0 Å². The van der Waals surface area contributed by atoms with Crippen LogP contribution in [0.5, 0.6) is 0 Å². The average molecular weight is 287 g/mol. The molecule has 0 radical (unpaired) electrons. The van der Waals surface area contributed by atoms with Crippen molar-refractivity contribution in [2.45, 2.75) is 38.1 Å². The van der Waals surface area contributed by atoms with Crippen LogP contribution in [0.3, 0.4) is 0 Å². The molecule has 0 saturated heterocycles. The van der Waals surface area contributed by atoms with Gasteiger partial charge in [-0.25, -0.2) is 0 Å². The summed E-state index contributed by atoms with van der Waals surface area (Å²) in [5.74, 6) is 0.697. The fourth-order valence-electron chi connectivity index (χ4n) is 2.55. The van der Waals surface area contributed by atoms with Gasteiger partial charge in [0.25, 0.3) is 5.91 Å². The molecular weight excluding hydrogens is 268 g/mol. The van der Waals surface area contributed by atoms with Crippen LogP contribution in [0.15, 0.2) is 6.07 Å². The molecule has 3 rings (SSSR count). The first-order valence-corrected chi connectivity index (χ1v) is 7.22. The summed E-state index contributed by atoms with van der Waals surface area (Å²) in [7, 11) is 0. The minimum atomic E-state index is 0. The molecule has 1 aromatic rings. The van der Waals surface area contributed by atoms with Crippen LogP contribution in [-0.4, -0.2) is 18.5 Å². The zero-order valence-corrected chi connectivity index (χ0v) is 11.9. The van der Waals surface area contributed by atoms with Crippen molar-refractivity contribution in [1.82, 2.24) is 5.32 Å². The van der Waals surface area contributed by atoms with Crippen LogP contribution in [0.2, 0.25) is 0 Å². The van der Waals surface area contributed by atoms with Crippen LogP contribution in [-0.2, 0) is 12.8 Å². The second-order valence-corrected chi connectivity index (χ2v) is 6.20. The maximum atomic E-state index is 12.1. The minimum absolute atomic E-state index is 0. The highest BCUT2D eigenvalue weighted by Gasteiger charge is 2.31. The first-order valence-electron chi connectivity index (χ1n) is 6.40. The minimum Gasteiger partial charge on any atom is -0.347 e. The maximum Gasteiger partial charge on any atom is 0.261 e. The summed E-state index contributed by atoms with van der Waals surface area (Å²) >= 11 is 1.66. The number of rotatable bonds is 4. The van der Waals surface area contributed by atoms with Crippen LogP contribution in [0.25, 0.3) is 0 Å². The van der Waals surface area contributed by atoms with Gasteiger partial charge in [0.1, 0.15) is 0 Å². The number of nitrogens with one attached hydrogen (secondary N) is 1. The fourth-order valence-corrected chi connectivity index (χ4v) is 3.71. The summed E-state index contributed by atoms with van der Waals surface area (Å²) in [6.45, 7) is 0.557. The third kappa shape index (κ3) is 2.71. The molecule has 1 unspecified atom stereocenters. The molecule has 5 heteroatoms. The SMILES string of the molecule is Cl.NCC(NC(=O)c1cc2c(s1)CCC2)C1CC1. The van der Waals surface area contributed by atoms with E-state index in [1.807, 2.05) is 0 Å². The number of carbonyl (C=O) groups is 1. The van der Waals surface area contributed by atoms with Crippen LogP contribution < -0.4 is 11.1 Å². The zero-order valence-electron chi connectivity index (χ0n) is 10.3. The van der Waals surface area contributed by atoms with Gasteiger partial charge in [0.2, 0.25) is 0 Å². The molecule has 1 heterocycles. The largest absolute Gasteiger partial charge is 0.347 e. The van der Waals surface area contributed by atoms with Gasteiger partial charge in [0.15, 0.2) is 0 Å².